The molecule has 2 unspecified atom stereocenters. The maximum atomic E-state index is 9.95. The van der Waals surface area contributed by atoms with Crippen molar-refractivity contribution in [3.05, 3.63) is 32.7 Å². The van der Waals surface area contributed by atoms with E-state index in [9.17, 15) is 5.11 Å². The molecule has 0 bridgehead atoms. The van der Waals surface area contributed by atoms with Gasteiger partial charge in [0.05, 0.1) is 5.60 Å². The average molecular weight is 365 g/mol. The van der Waals surface area contributed by atoms with Crippen LogP contribution in [0.2, 0.25) is 0 Å². The molecule has 1 rings (SSSR count). The van der Waals surface area contributed by atoms with Gasteiger partial charge in [-0.3, -0.25) is 0 Å². The minimum absolute atomic E-state index is 0.204. The number of hydrogen-bond donors (Lipinski definition) is 2. The molecule has 4 heteroatoms. The van der Waals surface area contributed by atoms with E-state index in [1.54, 1.807) is 0 Å². The molecule has 0 amide bonds. The number of hydrogen-bond acceptors (Lipinski definition) is 2. The molecule has 96 valence electrons. The van der Waals surface area contributed by atoms with Crippen LogP contribution in [0.1, 0.15) is 38.8 Å². The highest BCUT2D eigenvalue weighted by molar-refractivity contribution is 9.11. The number of rotatable bonds is 5. The lowest BCUT2D eigenvalue weighted by atomic mass is 10.0. The molecule has 0 aliphatic heterocycles. The van der Waals surface area contributed by atoms with Gasteiger partial charge in [-0.2, -0.15) is 0 Å². The highest BCUT2D eigenvalue weighted by atomic mass is 79.9. The largest absolute Gasteiger partial charge is 0.389 e. The van der Waals surface area contributed by atoms with Crippen molar-refractivity contribution in [2.45, 2.75) is 38.8 Å². The first-order chi connectivity index (χ1) is 7.85. The molecule has 0 heterocycles. The highest BCUT2D eigenvalue weighted by Gasteiger charge is 2.19. The molecule has 0 aromatic heterocycles. The van der Waals surface area contributed by atoms with Crippen LogP contribution in [0.3, 0.4) is 0 Å². The first-order valence-electron chi connectivity index (χ1n) is 5.76. The Morgan fingerprint density at radius 2 is 2.06 bits per heavy atom. The number of halogens is 2. The second-order valence-corrected chi connectivity index (χ2v) is 6.39. The molecule has 0 aliphatic carbocycles. The third kappa shape index (κ3) is 4.70. The lowest BCUT2D eigenvalue weighted by Crippen LogP contribution is -2.38. The van der Waals surface area contributed by atoms with E-state index in [4.69, 9.17) is 0 Å². The van der Waals surface area contributed by atoms with E-state index in [-0.39, 0.29) is 6.04 Å². The summed E-state index contributed by atoms with van der Waals surface area (Å²) in [5.41, 5.74) is 0.552. The Kier molecular flexibility index (Phi) is 5.64. The van der Waals surface area contributed by atoms with Crippen molar-refractivity contribution in [3.8, 4) is 0 Å². The molecule has 0 saturated carbocycles. The van der Waals surface area contributed by atoms with Crippen LogP contribution < -0.4 is 5.32 Å². The Balaban J connectivity index is 2.67. The highest BCUT2D eigenvalue weighted by Crippen LogP contribution is 2.27. The van der Waals surface area contributed by atoms with Crippen molar-refractivity contribution < 1.29 is 5.11 Å². The zero-order chi connectivity index (χ0) is 13.1. The van der Waals surface area contributed by atoms with E-state index >= 15 is 0 Å². The fraction of sp³-hybridized carbons (Fsp3) is 0.538. The van der Waals surface area contributed by atoms with Crippen molar-refractivity contribution in [1.29, 1.82) is 0 Å². The van der Waals surface area contributed by atoms with Crippen LogP contribution in [0, 0.1) is 0 Å². The summed E-state index contributed by atoms with van der Waals surface area (Å²) in [5, 5.41) is 13.3. The maximum Gasteiger partial charge on any atom is 0.0741 e. The zero-order valence-corrected chi connectivity index (χ0v) is 13.6. The van der Waals surface area contributed by atoms with Gasteiger partial charge in [-0.05, 0) is 38.0 Å². The van der Waals surface area contributed by atoms with E-state index < -0.39 is 5.60 Å². The van der Waals surface area contributed by atoms with Crippen LogP contribution in [0.5, 0.6) is 0 Å². The van der Waals surface area contributed by atoms with Gasteiger partial charge in [0.15, 0.2) is 0 Å². The van der Waals surface area contributed by atoms with Crippen LogP contribution in [0.4, 0.5) is 0 Å². The quantitative estimate of drug-likeness (QED) is 0.826. The second-order valence-electron chi connectivity index (χ2n) is 4.62. The van der Waals surface area contributed by atoms with Gasteiger partial charge in [0.1, 0.15) is 0 Å². The van der Waals surface area contributed by atoms with Gasteiger partial charge in [-0.1, -0.05) is 44.8 Å². The molecule has 17 heavy (non-hydrogen) atoms. The summed E-state index contributed by atoms with van der Waals surface area (Å²) in [6, 6.07) is 6.34. The number of benzene rings is 1. The summed E-state index contributed by atoms with van der Waals surface area (Å²) in [5.74, 6) is 0. The molecule has 2 nitrogen and oxygen atoms in total. The second kappa shape index (κ2) is 6.32. The smallest absolute Gasteiger partial charge is 0.0741 e. The fourth-order valence-electron chi connectivity index (χ4n) is 1.46. The van der Waals surface area contributed by atoms with E-state index in [0.29, 0.717) is 6.54 Å². The van der Waals surface area contributed by atoms with Gasteiger partial charge in [-0.25, -0.2) is 0 Å². The van der Waals surface area contributed by atoms with Crippen molar-refractivity contribution in [3.63, 3.8) is 0 Å². The van der Waals surface area contributed by atoms with Crippen LogP contribution in [-0.2, 0) is 0 Å². The summed E-state index contributed by atoms with van der Waals surface area (Å²) in [4.78, 5) is 0. The molecule has 0 saturated heterocycles. The minimum atomic E-state index is -0.643. The Morgan fingerprint density at radius 3 is 2.59 bits per heavy atom. The summed E-state index contributed by atoms with van der Waals surface area (Å²) in [6.07, 6.45) is 0.744. The van der Waals surface area contributed by atoms with Gasteiger partial charge in [0.2, 0.25) is 0 Å². The van der Waals surface area contributed by atoms with Gasteiger partial charge in [0, 0.05) is 21.5 Å². The van der Waals surface area contributed by atoms with Crippen LogP contribution in [0.25, 0.3) is 0 Å². The monoisotopic (exact) mass is 363 g/mol. The van der Waals surface area contributed by atoms with E-state index in [2.05, 4.69) is 50.2 Å². The normalized spacial score (nSPS) is 16.6. The molecule has 0 aliphatic rings. The molecule has 1 aromatic rings. The van der Waals surface area contributed by atoms with Crippen molar-refractivity contribution in [2.24, 2.45) is 0 Å². The molecular weight excluding hydrogens is 346 g/mol. The van der Waals surface area contributed by atoms with Gasteiger partial charge in [-0.15, -0.1) is 0 Å². The Morgan fingerprint density at radius 1 is 1.41 bits per heavy atom. The fourth-order valence-corrected chi connectivity index (χ4v) is 2.85. The van der Waals surface area contributed by atoms with E-state index in [0.717, 1.165) is 15.4 Å². The van der Waals surface area contributed by atoms with Crippen LogP contribution in [-0.4, -0.2) is 17.3 Å². The van der Waals surface area contributed by atoms with E-state index in [1.165, 1.54) is 5.56 Å². The Hall–Kier alpha value is 0.1000. The van der Waals surface area contributed by atoms with Crippen molar-refractivity contribution in [2.75, 3.05) is 6.54 Å². The predicted octanol–water partition coefficient (Wildman–Crippen LogP) is 4.02. The molecule has 1 aromatic carbocycles. The zero-order valence-electron chi connectivity index (χ0n) is 10.4. The van der Waals surface area contributed by atoms with Crippen LogP contribution >= 0.6 is 31.9 Å². The number of nitrogens with one attached hydrogen (secondary N) is 1. The Labute approximate surface area is 120 Å². The summed E-state index contributed by atoms with van der Waals surface area (Å²) in [6.45, 7) is 6.53. The SMILES string of the molecule is CCC(C)(O)CNC(C)c1ccc(Br)cc1Br. The molecular formula is C13H19Br2NO. The topological polar surface area (TPSA) is 32.3 Å². The third-order valence-electron chi connectivity index (χ3n) is 2.98. The van der Waals surface area contributed by atoms with Crippen LogP contribution in [0.15, 0.2) is 27.1 Å². The average Bonchev–Trinajstić information content (AvgIpc) is 2.26. The summed E-state index contributed by atoms with van der Waals surface area (Å²) < 4.78 is 2.13. The standard InChI is InChI=1S/C13H19Br2NO/c1-4-13(3,17)8-16-9(2)11-6-5-10(14)7-12(11)15/h5-7,9,16-17H,4,8H2,1-3H3. The molecule has 2 atom stereocenters. The lowest BCUT2D eigenvalue weighted by Gasteiger charge is -2.25. The van der Waals surface area contributed by atoms with Gasteiger partial charge >= 0.3 is 0 Å². The molecule has 0 radical (unpaired) electrons. The van der Waals surface area contributed by atoms with Crippen molar-refractivity contribution >= 4 is 31.9 Å². The number of aliphatic hydroxyl groups is 1. The Bertz CT molecular complexity index is 380. The van der Waals surface area contributed by atoms with Crippen molar-refractivity contribution in [1.82, 2.24) is 5.32 Å². The maximum absolute atomic E-state index is 9.95. The van der Waals surface area contributed by atoms with Gasteiger partial charge in [0.25, 0.3) is 0 Å². The lowest BCUT2D eigenvalue weighted by molar-refractivity contribution is 0.0533. The third-order valence-corrected chi connectivity index (χ3v) is 4.16. The molecule has 0 spiro atoms. The predicted molar refractivity (Wildman–Crippen MR) is 79.2 cm³/mol. The van der Waals surface area contributed by atoms with E-state index in [1.807, 2.05) is 26.0 Å². The summed E-state index contributed by atoms with van der Waals surface area (Å²) >= 11 is 6.99. The summed E-state index contributed by atoms with van der Waals surface area (Å²) in [7, 11) is 0. The molecule has 0 fully saturated rings. The minimum Gasteiger partial charge on any atom is -0.389 e. The first kappa shape index (κ1) is 15.2. The molecule has 2 N–H and O–H groups in total. The van der Waals surface area contributed by atoms with Gasteiger partial charge < -0.3 is 10.4 Å². The first-order valence-corrected chi connectivity index (χ1v) is 7.35.